The number of carbonyl (C=O) groups excluding carboxylic acids is 3. The van der Waals surface area contributed by atoms with Crippen LogP contribution in [0, 0.1) is 0 Å². The molecule has 1 atom stereocenters. The summed E-state index contributed by atoms with van der Waals surface area (Å²) in [5.41, 5.74) is 0. The van der Waals surface area contributed by atoms with E-state index < -0.39 is 6.10 Å². The van der Waals surface area contributed by atoms with E-state index in [2.05, 4.69) is 69.4 Å². The molecule has 426 valence electrons. The number of ether oxygens (including phenoxy) is 3. The van der Waals surface area contributed by atoms with Crippen LogP contribution in [0.1, 0.15) is 342 Å². The number of hydrogen-bond donors (Lipinski definition) is 0. The van der Waals surface area contributed by atoms with Gasteiger partial charge in [0.15, 0.2) is 6.10 Å². The Bertz CT molecular complexity index is 1270. The number of allylic oxidation sites excluding steroid dienone is 8. The molecule has 0 saturated carbocycles. The van der Waals surface area contributed by atoms with Crippen molar-refractivity contribution >= 4 is 17.9 Å². The average Bonchev–Trinajstić information content (AvgIpc) is 3.39. The molecule has 0 radical (unpaired) electrons. The number of carbonyl (C=O) groups is 3. The summed E-state index contributed by atoms with van der Waals surface area (Å²) >= 11 is 0. The Hall–Kier alpha value is -2.63. The molecule has 0 aromatic rings. The third kappa shape index (κ3) is 60.1. The highest BCUT2D eigenvalue weighted by molar-refractivity contribution is 5.71. The predicted molar refractivity (Wildman–Crippen MR) is 316 cm³/mol. The van der Waals surface area contributed by atoms with Gasteiger partial charge >= 0.3 is 17.9 Å². The Balaban J connectivity index is 4.33. The van der Waals surface area contributed by atoms with Crippen LogP contribution in [0.3, 0.4) is 0 Å². The summed E-state index contributed by atoms with van der Waals surface area (Å²) in [6.07, 6.45) is 76.9. The fourth-order valence-corrected chi connectivity index (χ4v) is 9.45. The van der Waals surface area contributed by atoms with Crippen molar-refractivity contribution in [2.24, 2.45) is 0 Å². The molecule has 1 unspecified atom stereocenters. The van der Waals surface area contributed by atoms with Gasteiger partial charge in [0.2, 0.25) is 0 Å². The maximum absolute atomic E-state index is 12.9. The smallest absolute Gasteiger partial charge is 0.306 e. The maximum Gasteiger partial charge on any atom is 0.306 e. The molecule has 0 amide bonds. The van der Waals surface area contributed by atoms with Crippen LogP contribution in [0.2, 0.25) is 0 Å². The van der Waals surface area contributed by atoms with Crippen molar-refractivity contribution in [2.45, 2.75) is 348 Å². The Morgan fingerprint density at radius 2 is 0.493 bits per heavy atom. The predicted octanol–water partition coefficient (Wildman–Crippen LogP) is 21.8. The SMILES string of the molecule is CCCCC/C=C\C/C=C\C/C=C\CCCCCCCCC(=O)OC(COC(=O)CCCCCCC/C=C\CCCCCCC)COC(=O)CCCCCCCCCCCCCCCCCCCCCCCC. The minimum Gasteiger partial charge on any atom is -0.462 e. The Morgan fingerprint density at radius 3 is 0.808 bits per heavy atom. The summed E-state index contributed by atoms with van der Waals surface area (Å²) in [4.78, 5) is 38.3. The fourth-order valence-electron chi connectivity index (χ4n) is 9.45. The summed E-state index contributed by atoms with van der Waals surface area (Å²) in [7, 11) is 0. The van der Waals surface area contributed by atoms with Gasteiger partial charge in [-0.25, -0.2) is 0 Å². The van der Waals surface area contributed by atoms with Crippen LogP contribution >= 0.6 is 0 Å². The third-order valence-corrected chi connectivity index (χ3v) is 14.3. The van der Waals surface area contributed by atoms with Crippen LogP contribution in [0.15, 0.2) is 48.6 Å². The molecule has 0 rings (SSSR count). The minimum atomic E-state index is -0.782. The van der Waals surface area contributed by atoms with E-state index in [-0.39, 0.29) is 31.1 Å². The van der Waals surface area contributed by atoms with Crippen molar-refractivity contribution in [1.82, 2.24) is 0 Å². The average molecular weight is 1020 g/mol. The molecular formula is C67H122O6. The van der Waals surface area contributed by atoms with Gasteiger partial charge in [0, 0.05) is 19.3 Å². The lowest BCUT2D eigenvalue weighted by atomic mass is 10.0. The van der Waals surface area contributed by atoms with Crippen molar-refractivity contribution in [3.63, 3.8) is 0 Å². The van der Waals surface area contributed by atoms with Crippen molar-refractivity contribution in [3.05, 3.63) is 48.6 Å². The lowest BCUT2D eigenvalue weighted by Crippen LogP contribution is -2.30. The summed E-state index contributed by atoms with van der Waals surface area (Å²) in [6, 6.07) is 0. The standard InChI is InChI=1S/C67H122O6/c1-4-7-10-13-16-19-22-25-28-30-32-33-34-36-37-39-42-45-48-51-54-57-60-66(69)72-63-64(62-71-65(68)59-56-53-50-47-44-41-27-24-21-18-15-12-9-6-3)73-67(70)61-58-55-52-49-46-43-40-38-35-31-29-26-23-20-17-14-11-8-5-2/h17,20,24,26-27,29,35,38,64H,4-16,18-19,21-23,25,28,30-34,36-37,39-63H2,1-3H3/b20-17-,27-24-,29-26-,38-35-. The molecular weight excluding hydrogens is 901 g/mol. The van der Waals surface area contributed by atoms with Crippen LogP contribution in [0.4, 0.5) is 0 Å². The Kier molecular flexibility index (Phi) is 59.7. The highest BCUT2D eigenvalue weighted by Crippen LogP contribution is 2.17. The highest BCUT2D eigenvalue weighted by atomic mass is 16.6. The van der Waals surface area contributed by atoms with Gasteiger partial charge in [0.25, 0.3) is 0 Å². The van der Waals surface area contributed by atoms with Crippen LogP contribution in [-0.2, 0) is 28.6 Å². The molecule has 0 N–H and O–H groups in total. The van der Waals surface area contributed by atoms with Crippen LogP contribution < -0.4 is 0 Å². The monoisotopic (exact) mass is 1020 g/mol. The van der Waals surface area contributed by atoms with Gasteiger partial charge in [-0.15, -0.1) is 0 Å². The zero-order chi connectivity index (χ0) is 52.9. The van der Waals surface area contributed by atoms with Crippen LogP contribution in [0.5, 0.6) is 0 Å². The van der Waals surface area contributed by atoms with Gasteiger partial charge in [-0.3, -0.25) is 14.4 Å². The first-order valence-electron chi connectivity index (χ1n) is 32.1. The molecule has 6 heteroatoms. The first-order valence-corrected chi connectivity index (χ1v) is 32.1. The van der Waals surface area contributed by atoms with Crippen molar-refractivity contribution in [1.29, 1.82) is 0 Å². The molecule has 0 bridgehead atoms. The summed E-state index contributed by atoms with van der Waals surface area (Å²) in [5, 5.41) is 0. The lowest BCUT2D eigenvalue weighted by molar-refractivity contribution is -0.167. The first-order chi connectivity index (χ1) is 36.0. The molecule has 0 aliphatic carbocycles. The second-order valence-electron chi connectivity index (χ2n) is 21.7. The van der Waals surface area contributed by atoms with E-state index in [0.717, 1.165) is 89.9 Å². The molecule has 6 nitrogen and oxygen atoms in total. The number of esters is 3. The highest BCUT2D eigenvalue weighted by Gasteiger charge is 2.19. The van der Waals surface area contributed by atoms with E-state index in [0.29, 0.717) is 19.3 Å². The second kappa shape index (κ2) is 61.9. The summed E-state index contributed by atoms with van der Waals surface area (Å²) in [6.45, 7) is 6.64. The van der Waals surface area contributed by atoms with Gasteiger partial charge in [-0.05, 0) is 83.5 Å². The zero-order valence-corrected chi connectivity index (χ0v) is 48.9. The van der Waals surface area contributed by atoms with E-state index in [1.54, 1.807) is 0 Å². The van der Waals surface area contributed by atoms with Crippen molar-refractivity contribution < 1.29 is 28.6 Å². The molecule has 0 aliphatic rings. The van der Waals surface area contributed by atoms with Crippen LogP contribution in [0.25, 0.3) is 0 Å². The maximum atomic E-state index is 12.9. The Morgan fingerprint density at radius 1 is 0.274 bits per heavy atom. The molecule has 0 aliphatic heterocycles. The number of rotatable bonds is 59. The van der Waals surface area contributed by atoms with Gasteiger partial charge in [-0.1, -0.05) is 288 Å². The first kappa shape index (κ1) is 70.4. The zero-order valence-electron chi connectivity index (χ0n) is 48.9. The van der Waals surface area contributed by atoms with Crippen molar-refractivity contribution in [2.75, 3.05) is 13.2 Å². The molecule has 0 heterocycles. The van der Waals surface area contributed by atoms with Gasteiger partial charge in [-0.2, -0.15) is 0 Å². The summed E-state index contributed by atoms with van der Waals surface area (Å²) in [5.74, 6) is -0.879. The molecule has 0 saturated heterocycles. The van der Waals surface area contributed by atoms with Crippen LogP contribution in [-0.4, -0.2) is 37.2 Å². The van der Waals surface area contributed by atoms with E-state index in [4.69, 9.17) is 14.2 Å². The number of hydrogen-bond acceptors (Lipinski definition) is 6. The molecule has 73 heavy (non-hydrogen) atoms. The van der Waals surface area contributed by atoms with E-state index >= 15 is 0 Å². The Labute approximate surface area is 454 Å². The van der Waals surface area contributed by atoms with Gasteiger partial charge < -0.3 is 14.2 Å². The van der Waals surface area contributed by atoms with Crippen molar-refractivity contribution in [3.8, 4) is 0 Å². The summed E-state index contributed by atoms with van der Waals surface area (Å²) < 4.78 is 16.9. The number of unbranched alkanes of at least 4 members (excludes halogenated alkanes) is 40. The molecule has 0 fully saturated rings. The van der Waals surface area contributed by atoms with E-state index in [1.165, 1.54) is 212 Å². The molecule has 0 aromatic carbocycles. The largest absolute Gasteiger partial charge is 0.462 e. The lowest BCUT2D eigenvalue weighted by Gasteiger charge is -2.18. The molecule has 0 spiro atoms. The topological polar surface area (TPSA) is 78.9 Å². The normalized spacial score (nSPS) is 12.3. The second-order valence-corrected chi connectivity index (χ2v) is 21.7. The van der Waals surface area contributed by atoms with E-state index in [1.807, 2.05) is 0 Å². The minimum absolute atomic E-state index is 0.0776. The van der Waals surface area contributed by atoms with E-state index in [9.17, 15) is 14.4 Å². The quantitative estimate of drug-likeness (QED) is 0.0261. The van der Waals surface area contributed by atoms with Gasteiger partial charge in [0.05, 0.1) is 0 Å². The third-order valence-electron chi connectivity index (χ3n) is 14.3. The molecule has 0 aromatic heterocycles. The fraction of sp³-hybridized carbons (Fsp3) is 0.836. The van der Waals surface area contributed by atoms with Gasteiger partial charge in [0.1, 0.15) is 13.2 Å².